The summed E-state index contributed by atoms with van der Waals surface area (Å²) in [4.78, 5) is 0.180. The van der Waals surface area contributed by atoms with Crippen molar-refractivity contribution in [2.75, 3.05) is 10.1 Å². The molecule has 25 heavy (non-hydrogen) atoms. The van der Waals surface area contributed by atoms with Crippen LogP contribution in [0.1, 0.15) is 11.1 Å². The normalized spacial score (nSPS) is 19.0. The summed E-state index contributed by atoms with van der Waals surface area (Å²) in [5.41, 5.74) is 2.03. The van der Waals surface area contributed by atoms with Gasteiger partial charge in [-0.1, -0.05) is 35.9 Å². The molecule has 0 aliphatic carbocycles. The summed E-state index contributed by atoms with van der Waals surface area (Å²) in [5, 5.41) is 1.09. The molecule has 0 saturated heterocycles. The number of hydrogen-bond acceptors (Lipinski definition) is 4. The molecule has 0 unspecified atom stereocenters. The highest BCUT2D eigenvalue weighted by atomic mass is 32.2. The van der Waals surface area contributed by atoms with Crippen molar-refractivity contribution >= 4 is 25.5 Å². The number of anilines is 1. The second-order valence-corrected chi connectivity index (χ2v) is 9.85. The zero-order valence-corrected chi connectivity index (χ0v) is 15.6. The van der Waals surface area contributed by atoms with Crippen LogP contribution in [0, 0.1) is 13.8 Å². The second kappa shape index (κ2) is 6.31. The number of nitrogens with zero attached hydrogens (tertiary/aromatic N) is 1. The Bertz CT molecular complexity index is 1030. The van der Waals surface area contributed by atoms with Crippen molar-refractivity contribution in [3.8, 4) is 0 Å². The number of benzene rings is 2. The van der Waals surface area contributed by atoms with Gasteiger partial charge in [-0.3, -0.25) is 4.31 Å². The van der Waals surface area contributed by atoms with Crippen molar-refractivity contribution < 1.29 is 16.8 Å². The van der Waals surface area contributed by atoms with Gasteiger partial charge in [0.15, 0.2) is 9.84 Å². The fourth-order valence-electron chi connectivity index (χ4n) is 2.98. The van der Waals surface area contributed by atoms with E-state index in [0.717, 1.165) is 11.0 Å². The summed E-state index contributed by atoms with van der Waals surface area (Å²) in [5.74, 6) is -0.258. The van der Waals surface area contributed by atoms with Crippen LogP contribution in [-0.4, -0.2) is 28.6 Å². The quantitative estimate of drug-likeness (QED) is 0.821. The smallest absolute Gasteiger partial charge is 0.258 e. The Labute approximate surface area is 148 Å². The molecule has 1 heterocycles. The molecule has 2 aromatic rings. The first kappa shape index (κ1) is 17.7. The van der Waals surface area contributed by atoms with Crippen LogP contribution in [0.5, 0.6) is 0 Å². The maximum atomic E-state index is 13.4. The van der Waals surface area contributed by atoms with Crippen LogP contribution in [-0.2, 0) is 19.9 Å². The summed E-state index contributed by atoms with van der Waals surface area (Å²) in [6, 6.07) is 12.9. The van der Waals surface area contributed by atoms with Gasteiger partial charge in [0.1, 0.15) is 0 Å². The monoisotopic (exact) mass is 377 g/mol. The fourth-order valence-corrected chi connectivity index (χ4v) is 6.16. The van der Waals surface area contributed by atoms with E-state index in [4.69, 9.17) is 0 Å². The van der Waals surface area contributed by atoms with Crippen LogP contribution >= 0.6 is 0 Å². The van der Waals surface area contributed by atoms with Crippen LogP contribution in [0.2, 0.25) is 0 Å². The maximum absolute atomic E-state index is 13.4. The van der Waals surface area contributed by atoms with Crippen LogP contribution in [0.4, 0.5) is 5.69 Å². The number of sulfone groups is 1. The van der Waals surface area contributed by atoms with Gasteiger partial charge in [0.2, 0.25) is 0 Å². The number of hydrogen-bond donors (Lipinski definition) is 0. The van der Waals surface area contributed by atoms with Crippen molar-refractivity contribution in [2.45, 2.75) is 24.8 Å². The van der Waals surface area contributed by atoms with Crippen molar-refractivity contribution in [1.82, 2.24) is 0 Å². The molecule has 132 valence electrons. The van der Waals surface area contributed by atoms with E-state index < -0.39 is 25.9 Å². The first-order valence-corrected chi connectivity index (χ1v) is 10.9. The van der Waals surface area contributed by atoms with E-state index in [1.54, 1.807) is 55.5 Å². The largest absolute Gasteiger partial charge is 0.265 e. The lowest BCUT2D eigenvalue weighted by molar-refractivity contribution is 0.586. The van der Waals surface area contributed by atoms with Crippen molar-refractivity contribution in [2.24, 2.45) is 0 Å². The van der Waals surface area contributed by atoms with E-state index >= 15 is 0 Å². The average Bonchev–Trinajstić information content (AvgIpc) is 2.87. The first-order valence-electron chi connectivity index (χ1n) is 7.78. The highest BCUT2D eigenvalue weighted by Gasteiger charge is 2.36. The lowest BCUT2D eigenvalue weighted by Crippen LogP contribution is -2.41. The third-order valence-corrected chi connectivity index (χ3v) is 7.48. The van der Waals surface area contributed by atoms with E-state index in [2.05, 4.69) is 0 Å². The van der Waals surface area contributed by atoms with Crippen molar-refractivity contribution in [3.05, 3.63) is 71.1 Å². The Morgan fingerprint density at radius 1 is 1.04 bits per heavy atom. The van der Waals surface area contributed by atoms with Gasteiger partial charge in [-0.2, -0.15) is 0 Å². The molecule has 0 N–H and O–H groups in total. The van der Waals surface area contributed by atoms with Crippen LogP contribution in [0.25, 0.3) is 0 Å². The van der Waals surface area contributed by atoms with Crippen LogP contribution in [0.3, 0.4) is 0 Å². The van der Waals surface area contributed by atoms with E-state index in [-0.39, 0.29) is 10.6 Å². The first-order chi connectivity index (χ1) is 11.7. The molecule has 0 spiro atoms. The standard InChI is InChI=1S/C18H19NO4S2/c1-14-8-9-18(15(2)12-14)25(22,23)19(16-6-4-3-5-7-16)17-10-11-24(20,21)13-17/h3-12,17H,13H2,1-2H3/t17-/m1/s1. The van der Waals surface area contributed by atoms with Gasteiger partial charge < -0.3 is 0 Å². The van der Waals surface area contributed by atoms with E-state index in [9.17, 15) is 16.8 Å². The van der Waals surface area contributed by atoms with Gasteiger partial charge in [-0.15, -0.1) is 0 Å². The molecule has 5 nitrogen and oxygen atoms in total. The third-order valence-electron chi connectivity index (χ3n) is 4.09. The fraction of sp³-hybridized carbons (Fsp3) is 0.222. The Kier molecular flexibility index (Phi) is 4.47. The van der Waals surface area contributed by atoms with Crippen LogP contribution in [0.15, 0.2) is 64.9 Å². The molecular weight excluding hydrogens is 358 g/mol. The highest BCUT2D eigenvalue weighted by molar-refractivity contribution is 7.95. The zero-order chi connectivity index (χ0) is 18.2. The molecule has 0 aromatic heterocycles. The summed E-state index contributed by atoms with van der Waals surface area (Å²) in [7, 11) is -7.31. The minimum atomic E-state index is -3.92. The van der Waals surface area contributed by atoms with Gasteiger partial charge >= 0.3 is 0 Å². The van der Waals surface area contributed by atoms with Crippen molar-refractivity contribution in [3.63, 3.8) is 0 Å². The van der Waals surface area contributed by atoms with Gasteiger partial charge in [0, 0.05) is 5.41 Å². The number of aryl methyl sites for hydroxylation is 2. The topological polar surface area (TPSA) is 71.5 Å². The number of para-hydroxylation sites is 1. The molecule has 2 aromatic carbocycles. The molecule has 0 amide bonds. The van der Waals surface area contributed by atoms with Gasteiger partial charge in [0.25, 0.3) is 10.0 Å². The van der Waals surface area contributed by atoms with Crippen LogP contribution < -0.4 is 4.31 Å². The predicted molar refractivity (Wildman–Crippen MR) is 98.7 cm³/mol. The molecule has 0 bridgehead atoms. The lowest BCUT2D eigenvalue weighted by atomic mass is 10.2. The highest BCUT2D eigenvalue weighted by Crippen LogP contribution is 2.31. The lowest BCUT2D eigenvalue weighted by Gasteiger charge is -2.29. The minimum Gasteiger partial charge on any atom is -0.258 e. The van der Waals surface area contributed by atoms with E-state index in [1.165, 1.54) is 10.4 Å². The average molecular weight is 377 g/mol. The maximum Gasteiger partial charge on any atom is 0.265 e. The number of sulfonamides is 1. The summed E-state index contributed by atoms with van der Waals surface area (Å²) >= 11 is 0. The van der Waals surface area contributed by atoms with Gasteiger partial charge in [-0.25, -0.2) is 16.8 Å². The Hall–Kier alpha value is -2.12. The van der Waals surface area contributed by atoms with E-state index in [1.807, 2.05) is 6.92 Å². The molecule has 1 atom stereocenters. The second-order valence-electron chi connectivity index (χ2n) is 6.13. The predicted octanol–water partition coefficient (Wildman–Crippen LogP) is 2.81. The molecule has 0 radical (unpaired) electrons. The summed E-state index contributed by atoms with van der Waals surface area (Å²) in [6.07, 6.45) is 1.43. The molecule has 3 rings (SSSR count). The molecule has 1 aliphatic heterocycles. The Morgan fingerprint density at radius 3 is 2.28 bits per heavy atom. The van der Waals surface area contributed by atoms with Crippen molar-refractivity contribution in [1.29, 1.82) is 0 Å². The van der Waals surface area contributed by atoms with Gasteiger partial charge in [0.05, 0.1) is 22.4 Å². The Balaban J connectivity index is 2.16. The number of rotatable bonds is 4. The Morgan fingerprint density at radius 2 is 1.72 bits per heavy atom. The van der Waals surface area contributed by atoms with E-state index in [0.29, 0.717) is 11.3 Å². The molecule has 0 saturated carbocycles. The zero-order valence-electron chi connectivity index (χ0n) is 14.0. The minimum absolute atomic E-state index is 0.180. The SMILES string of the molecule is Cc1ccc(S(=O)(=O)N(c2ccccc2)[C@@H]2C=CS(=O)(=O)C2)c(C)c1. The third kappa shape index (κ3) is 3.48. The summed E-state index contributed by atoms with van der Waals surface area (Å²) in [6.45, 7) is 3.63. The molecule has 1 aliphatic rings. The molecule has 0 fully saturated rings. The van der Waals surface area contributed by atoms with Gasteiger partial charge in [-0.05, 0) is 43.7 Å². The molecular formula is C18H19NO4S2. The summed E-state index contributed by atoms with van der Waals surface area (Å²) < 4.78 is 51.6. The molecule has 7 heteroatoms.